The highest BCUT2D eigenvalue weighted by Gasteiger charge is 2.29. The van der Waals surface area contributed by atoms with Gasteiger partial charge in [0.15, 0.2) is 5.78 Å². The predicted octanol–water partition coefficient (Wildman–Crippen LogP) is 6.91. The highest BCUT2D eigenvalue weighted by Crippen LogP contribution is 2.21. The Labute approximate surface area is 216 Å². The lowest BCUT2D eigenvalue weighted by molar-refractivity contribution is -0.144. The summed E-state index contributed by atoms with van der Waals surface area (Å²) in [5.41, 5.74) is 0.960. The summed E-state index contributed by atoms with van der Waals surface area (Å²) < 4.78 is 11.8. The Hall–Kier alpha value is -0.790. The molecule has 0 fully saturated rings. The Bertz CT molecular complexity index is 547. The van der Waals surface area contributed by atoms with E-state index in [1.54, 1.807) is 0 Å². The molecule has 3 N–H and O–H groups in total. The first-order valence-corrected chi connectivity index (χ1v) is 14.1. The molecule has 0 saturated carbocycles. The number of ether oxygens (including phenoxy) is 2. The number of allylic oxidation sites excluding steroid dienone is 1. The van der Waals surface area contributed by atoms with Crippen molar-refractivity contribution in [1.29, 1.82) is 0 Å². The lowest BCUT2D eigenvalue weighted by atomic mass is 9.97. The molecule has 0 aliphatic carbocycles. The van der Waals surface area contributed by atoms with Gasteiger partial charge in [0.2, 0.25) is 0 Å². The number of carbonyl (C=O) groups excluding carboxylic acids is 1. The topological polar surface area (TPSA) is 88.0 Å². The first-order chi connectivity index (χ1) is 16.5. The second-order valence-corrected chi connectivity index (χ2v) is 11.1. The molecule has 208 valence electrons. The normalized spacial score (nSPS) is 14.5. The Morgan fingerprint density at radius 2 is 1.63 bits per heavy atom. The summed E-state index contributed by atoms with van der Waals surface area (Å²) in [5.74, 6) is 0.158. The van der Waals surface area contributed by atoms with Crippen LogP contribution in [0.4, 0.5) is 0 Å². The summed E-state index contributed by atoms with van der Waals surface area (Å²) in [6, 6.07) is 0. The van der Waals surface area contributed by atoms with E-state index in [-0.39, 0.29) is 18.0 Å². The number of aliphatic hydroxyl groups is 1. The summed E-state index contributed by atoms with van der Waals surface area (Å²) >= 11 is 0. The van der Waals surface area contributed by atoms with E-state index in [4.69, 9.17) is 14.7 Å². The number of aliphatic hydroxyl groups excluding tert-OH is 1. The predicted molar refractivity (Wildman–Crippen MR) is 145 cm³/mol. The summed E-state index contributed by atoms with van der Waals surface area (Å²) in [6.45, 7) is 12.6. The molecule has 0 saturated heterocycles. The van der Waals surface area contributed by atoms with E-state index in [9.17, 15) is 9.90 Å². The lowest BCUT2D eigenvalue weighted by Gasteiger charge is -2.31. The monoisotopic (exact) mass is 499 g/mol. The van der Waals surface area contributed by atoms with Gasteiger partial charge in [-0.15, -0.1) is 0 Å². The highest BCUT2D eigenvalue weighted by molar-refractivity contribution is 5.86. The third-order valence-corrected chi connectivity index (χ3v) is 6.48. The number of ketones is 1. The van der Waals surface area contributed by atoms with Gasteiger partial charge in [-0.25, -0.2) is 5.48 Å². The molecule has 0 heterocycles. The maximum absolute atomic E-state index is 12.6. The molecular weight excluding hydrogens is 442 g/mol. The van der Waals surface area contributed by atoms with E-state index >= 15 is 0 Å². The van der Waals surface area contributed by atoms with Crippen LogP contribution < -0.4 is 5.48 Å². The summed E-state index contributed by atoms with van der Waals surface area (Å²) in [7, 11) is 0. The molecule has 0 amide bonds. The minimum Gasteiger partial charge on any atom is -0.393 e. The van der Waals surface area contributed by atoms with Crippen molar-refractivity contribution in [2.45, 2.75) is 155 Å². The molecule has 0 bridgehead atoms. The Morgan fingerprint density at radius 3 is 2.31 bits per heavy atom. The maximum Gasteiger partial charge on any atom is 0.164 e. The molecular formula is C29H57NO5. The van der Waals surface area contributed by atoms with Gasteiger partial charge < -0.3 is 19.8 Å². The van der Waals surface area contributed by atoms with E-state index in [0.29, 0.717) is 26.0 Å². The molecule has 2 unspecified atom stereocenters. The van der Waals surface area contributed by atoms with Crippen LogP contribution in [-0.2, 0) is 14.3 Å². The van der Waals surface area contributed by atoms with Crippen molar-refractivity contribution in [1.82, 2.24) is 5.48 Å². The van der Waals surface area contributed by atoms with Crippen LogP contribution in [0.15, 0.2) is 12.2 Å². The lowest BCUT2D eigenvalue weighted by Crippen LogP contribution is -2.39. The van der Waals surface area contributed by atoms with Crippen LogP contribution in [0.2, 0.25) is 0 Å². The number of carbonyl (C=O) groups is 1. The van der Waals surface area contributed by atoms with E-state index < -0.39 is 11.2 Å². The van der Waals surface area contributed by atoms with Gasteiger partial charge in [0, 0.05) is 13.0 Å². The minimum absolute atomic E-state index is 0.112. The van der Waals surface area contributed by atoms with Crippen LogP contribution in [-0.4, -0.2) is 52.7 Å². The van der Waals surface area contributed by atoms with Gasteiger partial charge in [-0.05, 0) is 73.1 Å². The fraction of sp³-hybridized carbons (Fsp3) is 0.897. The van der Waals surface area contributed by atoms with Crippen molar-refractivity contribution >= 4 is 5.78 Å². The van der Waals surface area contributed by atoms with Crippen LogP contribution in [0.25, 0.3) is 0 Å². The fourth-order valence-corrected chi connectivity index (χ4v) is 4.08. The average Bonchev–Trinajstić information content (AvgIpc) is 2.77. The van der Waals surface area contributed by atoms with E-state index in [2.05, 4.69) is 24.6 Å². The quantitative estimate of drug-likeness (QED) is 0.0759. The largest absolute Gasteiger partial charge is 0.393 e. The molecule has 0 radical (unpaired) electrons. The molecule has 0 aromatic carbocycles. The van der Waals surface area contributed by atoms with Crippen LogP contribution in [0.1, 0.15) is 131 Å². The molecule has 6 heteroatoms. The van der Waals surface area contributed by atoms with Crippen LogP contribution >= 0.6 is 0 Å². The molecule has 0 spiro atoms. The average molecular weight is 500 g/mol. The summed E-state index contributed by atoms with van der Waals surface area (Å²) in [6.07, 6.45) is 18.3. The second kappa shape index (κ2) is 20.3. The first-order valence-electron chi connectivity index (χ1n) is 14.1. The maximum atomic E-state index is 12.6. The van der Waals surface area contributed by atoms with Gasteiger partial charge >= 0.3 is 0 Å². The van der Waals surface area contributed by atoms with E-state index in [0.717, 1.165) is 51.4 Å². The number of hydroxylamine groups is 1. The summed E-state index contributed by atoms with van der Waals surface area (Å²) in [5, 5.41) is 18.8. The third-order valence-electron chi connectivity index (χ3n) is 6.48. The minimum atomic E-state index is -0.778. The second-order valence-electron chi connectivity index (χ2n) is 11.1. The SMILES string of the molecule is CCCCCCC(O)C/C=C\CCCCCCCC(=O)C(C)(C)OCCC(C)(C)OC(C)CNO. The van der Waals surface area contributed by atoms with Crippen LogP contribution in [0.5, 0.6) is 0 Å². The fourth-order valence-electron chi connectivity index (χ4n) is 4.08. The van der Waals surface area contributed by atoms with Gasteiger partial charge in [0.1, 0.15) is 5.60 Å². The zero-order valence-corrected chi connectivity index (χ0v) is 23.7. The van der Waals surface area contributed by atoms with Gasteiger partial charge in [-0.3, -0.25) is 4.79 Å². The summed E-state index contributed by atoms with van der Waals surface area (Å²) in [4.78, 5) is 12.6. The number of hydrogen-bond donors (Lipinski definition) is 3. The van der Waals surface area contributed by atoms with E-state index in [1.165, 1.54) is 25.7 Å². The number of unbranched alkanes of at least 4 members (excludes halogenated alkanes) is 8. The highest BCUT2D eigenvalue weighted by atomic mass is 16.5. The van der Waals surface area contributed by atoms with Crippen molar-refractivity contribution in [2.75, 3.05) is 13.2 Å². The van der Waals surface area contributed by atoms with Gasteiger partial charge in [0.05, 0.1) is 24.4 Å². The number of hydrogen-bond acceptors (Lipinski definition) is 6. The van der Waals surface area contributed by atoms with Crippen molar-refractivity contribution < 1.29 is 24.6 Å². The molecule has 2 atom stereocenters. The molecule has 0 aliphatic rings. The van der Waals surface area contributed by atoms with Crippen molar-refractivity contribution in [3.05, 3.63) is 12.2 Å². The standard InChI is InChI=1S/C29H57NO5/c1-7-8-9-16-19-26(31)20-17-14-12-10-11-13-15-18-21-27(32)29(5,6)34-23-22-28(3,4)35-25(2)24-30-33/h14,17,25-26,30-31,33H,7-13,15-16,18-24H2,1-6H3/b17-14-. The van der Waals surface area contributed by atoms with E-state index in [1.807, 2.05) is 34.6 Å². The van der Waals surface area contributed by atoms with Crippen molar-refractivity contribution in [3.63, 3.8) is 0 Å². The Kier molecular flexibility index (Phi) is 19.8. The van der Waals surface area contributed by atoms with Crippen molar-refractivity contribution in [2.24, 2.45) is 0 Å². The number of rotatable bonds is 24. The van der Waals surface area contributed by atoms with Crippen LogP contribution in [0, 0.1) is 0 Å². The first kappa shape index (κ1) is 34.2. The van der Waals surface area contributed by atoms with Gasteiger partial charge in [-0.2, -0.15) is 0 Å². The van der Waals surface area contributed by atoms with Gasteiger partial charge in [-0.1, -0.05) is 64.0 Å². The number of nitrogens with one attached hydrogen (secondary N) is 1. The Morgan fingerprint density at radius 1 is 0.971 bits per heavy atom. The Balaban J connectivity index is 3.84. The molecule has 0 rings (SSSR count). The smallest absolute Gasteiger partial charge is 0.164 e. The zero-order chi connectivity index (χ0) is 26.6. The molecule has 0 aliphatic heterocycles. The van der Waals surface area contributed by atoms with Gasteiger partial charge in [0.25, 0.3) is 0 Å². The molecule has 0 aromatic heterocycles. The van der Waals surface area contributed by atoms with Crippen molar-refractivity contribution in [3.8, 4) is 0 Å². The molecule has 6 nitrogen and oxygen atoms in total. The molecule has 35 heavy (non-hydrogen) atoms. The van der Waals surface area contributed by atoms with Crippen LogP contribution in [0.3, 0.4) is 0 Å². The number of Topliss-reactive ketones (excluding diaryl/α,β-unsaturated/α-hetero) is 1. The molecule has 0 aromatic rings. The zero-order valence-electron chi connectivity index (χ0n) is 23.7. The third kappa shape index (κ3) is 20.0.